The third-order valence-corrected chi connectivity index (χ3v) is 14.1. The Labute approximate surface area is 346 Å². The van der Waals surface area contributed by atoms with Crippen LogP contribution in [0.3, 0.4) is 0 Å². The van der Waals surface area contributed by atoms with Crippen LogP contribution in [0.15, 0.2) is 48.5 Å². The molecule has 1 saturated heterocycles. The number of hydrogen-bond acceptors (Lipinski definition) is 10. The maximum Gasteiger partial charge on any atom is 0.408 e. The SMILES string of the molecule is CC[C@@H]1C[C@]1(NC(=O)[C@@H]1C[C@@H]2CN1C(=O)[C@H](C(C)C)NC(=O)OC(C)(C)CCCCCc1cc(ccc1OC)-c1nn2nc1-c1ccccc1)C(=O)NS(=O)(=O)C1CC1. The van der Waals surface area contributed by atoms with E-state index in [1.807, 2.05) is 63.2 Å². The van der Waals surface area contributed by atoms with E-state index in [-0.39, 0.29) is 31.2 Å². The summed E-state index contributed by atoms with van der Waals surface area (Å²) in [6, 6.07) is 12.9. The molecule has 5 atom stereocenters. The fourth-order valence-electron chi connectivity index (χ4n) is 8.55. The first-order valence-corrected chi connectivity index (χ1v) is 22.5. The maximum atomic E-state index is 14.7. The lowest BCUT2D eigenvalue weighted by molar-refractivity contribution is -0.141. The zero-order valence-corrected chi connectivity index (χ0v) is 35.6. The Morgan fingerprint density at radius 3 is 2.37 bits per heavy atom. The molecule has 0 radical (unpaired) electrons. The molecular formula is C43H57N7O8S. The quantitative estimate of drug-likeness (QED) is 0.255. The van der Waals surface area contributed by atoms with Gasteiger partial charge in [0.1, 0.15) is 40.4 Å². The van der Waals surface area contributed by atoms with Crippen LogP contribution in [-0.4, -0.2) is 94.3 Å². The van der Waals surface area contributed by atoms with Gasteiger partial charge in [0.05, 0.1) is 18.4 Å². The molecule has 6 bridgehead atoms. The normalized spacial score (nSPS) is 26.1. The molecule has 3 fully saturated rings. The van der Waals surface area contributed by atoms with Crippen molar-refractivity contribution >= 4 is 33.8 Å². The molecule has 7 rings (SSSR count). The number of nitrogens with zero attached hydrogens (tertiary/aromatic N) is 4. The minimum Gasteiger partial charge on any atom is -0.496 e. The largest absolute Gasteiger partial charge is 0.496 e. The molecule has 2 aliphatic carbocycles. The van der Waals surface area contributed by atoms with Gasteiger partial charge in [0.25, 0.3) is 5.91 Å². The molecule has 0 unspecified atom stereocenters. The van der Waals surface area contributed by atoms with Crippen molar-refractivity contribution in [2.45, 2.75) is 133 Å². The van der Waals surface area contributed by atoms with Crippen LogP contribution < -0.4 is 20.1 Å². The number of methoxy groups -OCH3 is 1. The number of alkyl carbamates (subject to hydrolysis) is 1. The second kappa shape index (κ2) is 16.6. The van der Waals surface area contributed by atoms with Crippen molar-refractivity contribution in [1.29, 1.82) is 0 Å². The van der Waals surface area contributed by atoms with Crippen molar-refractivity contribution in [3.05, 3.63) is 54.1 Å². The molecule has 4 aliphatic rings. The lowest BCUT2D eigenvalue weighted by Gasteiger charge is -2.32. The monoisotopic (exact) mass is 831 g/mol. The lowest BCUT2D eigenvalue weighted by atomic mass is 9.97. The van der Waals surface area contributed by atoms with E-state index in [2.05, 4.69) is 21.4 Å². The summed E-state index contributed by atoms with van der Waals surface area (Å²) in [6.07, 6.45) is 5.02. The molecule has 318 valence electrons. The molecule has 59 heavy (non-hydrogen) atoms. The van der Waals surface area contributed by atoms with Gasteiger partial charge in [0.15, 0.2) is 0 Å². The van der Waals surface area contributed by atoms with Gasteiger partial charge in [-0.05, 0) is 94.4 Å². The van der Waals surface area contributed by atoms with E-state index in [4.69, 9.17) is 19.7 Å². The van der Waals surface area contributed by atoms with Crippen molar-refractivity contribution < 1.29 is 37.1 Å². The van der Waals surface area contributed by atoms with Gasteiger partial charge in [-0.1, -0.05) is 63.9 Å². The third kappa shape index (κ3) is 8.97. The number of aryl methyl sites for hydroxylation is 1. The number of benzene rings is 2. The van der Waals surface area contributed by atoms with Gasteiger partial charge in [-0.15, -0.1) is 0 Å². The Morgan fingerprint density at radius 2 is 1.73 bits per heavy atom. The zero-order chi connectivity index (χ0) is 42.3. The molecule has 1 aromatic heterocycles. The smallest absolute Gasteiger partial charge is 0.408 e. The number of carbonyl (C=O) groups is 4. The van der Waals surface area contributed by atoms with Gasteiger partial charge >= 0.3 is 6.09 Å². The molecule has 2 aliphatic heterocycles. The van der Waals surface area contributed by atoms with Crippen LogP contribution in [-0.2, 0) is 35.6 Å². The van der Waals surface area contributed by atoms with Crippen LogP contribution in [0, 0.1) is 11.8 Å². The Kier molecular flexibility index (Phi) is 11.8. The zero-order valence-electron chi connectivity index (χ0n) is 34.8. The molecule has 2 saturated carbocycles. The van der Waals surface area contributed by atoms with Crippen molar-refractivity contribution in [1.82, 2.24) is 35.2 Å². The van der Waals surface area contributed by atoms with Crippen molar-refractivity contribution in [2.75, 3.05) is 13.7 Å². The first-order valence-electron chi connectivity index (χ1n) is 20.9. The Bertz CT molecular complexity index is 2190. The fraction of sp³-hybridized carbons (Fsp3) is 0.581. The standard InChI is InChI=1S/C43H57N7O8S/c1-7-30-24-43(30,40(53)48-59(55,56)32-18-19-32)45-38(51)33-23-31-25-49(33)39(52)35(26(2)3)44-41(54)58-42(4,5)21-13-9-12-16-28-22-29(17-20-34(28)57-6)37-36(46-50(31)47-37)27-14-10-8-11-15-27/h8,10-11,14-15,17,20,22,26,30-33,35H,7,9,12-13,16,18-19,21,23-25H2,1-6H3,(H,44,54)(H,45,51)(H,48,53)/t30-,31-,33+,35+,43-/m1/s1. The van der Waals surface area contributed by atoms with Crippen LogP contribution in [0.1, 0.15) is 104 Å². The minimum atomic E-state index is -3.88. The molecule has 15 nitrogen and oxygen atoms in total. The second-order valence-corrected chi connectivity index (χ2v) is 19.5. The third-order valence-electron chi connectivity index (χ3n) is 12.3. The van der Waals surface area contributed by atoms with E-state index in [9.17, 15) is 27.6 Å². The molecule has 16 heteroatoms. The molecule has 2 aromatic carbocycles. The molecule has 3 N–H and O–H groups in total. The predicted molar refractivity (Wildman–Crippen MR) is 220 cm³/mol. The Morgan fingerprint density at radius 1 is 1.02 bits per heavy atom. The number of carbonyl (C=O) groups excluding carboxylic acids is 4. The summed E-state index contributed by atoms with van der Waals surface area (Å²) < 4.78 is 39.6. The number of rotatable bonds is 9. The number of cyclic esters (lactones) is 1. The number of fused-ring (bicyclic) bond motifs is 8. The summed E-state index contributed by atoms with van der Waals surface area (Å²) in [4.78, 5) is 59.5. The second-order valence-electron chi connectivity index (χ2n) is 17.5. The van der Waals surface area contributed by atoms with E-state index in [0.29, 0.717) is 37.1 Å². The lowest BCUT2D eigenvalue weighted by Crippen LogP contribution is -2.59. The molecule has 0 spiro atoms. The Balaban J connectivity index is 1.29. The number of aromatic nitrogens is 3. The van der Waals surface area contributed by atoms with Crippen LogP contribution in [0.4, 0.5) is 4.79 Å². The van der Waals surface area contributed by atoms with Crippen molar-refractivity contribution in [3.8, 4) is 28.3 Å². The first-order chi connectivity index (χ1) is 28.1. The minimum absolute atomic E-state index is 0.0189. The summed E-state index contributed by atoms with van der Waals surface area (Å²) in [5.74, 6) is -1.78. The first kappa shape index (κ1) is 42.1. The van der Waals surface area contributed by atoms with Gasteiger partial charge in [0.2, 0.25) is 21.8 Å². The average molecular weight is 832 g/mol. The van der Waals surface area contributed by atoms with Gasteiger partial charge < -0.3 is 25.0 Å². The number of hydrogen-bond donors (Lipinski definition) is 3. The van der Waals surface area contributed by atoms with E-state index in [1.54, 1.807) is 25.8 Å². The van der Waals surface area contributed by atoms with Crippen LogP contribution >= 0.6 is 0 Å². The highest BCUT2D eigenvalue weighted by molar-refractivity contribution is 7.91. The Hall–Kier alpha value is -4.99. The van der Waals surface area contributed by atoms with Crippen LogP contribution in [0.5, 0.6) is 5.75 Å². The van der Waals surface area contributed by atoms with Crippen LogP contribution in [0.25, 0.3) is 22.5 Å². The highest BCUT2D eigenvalue weighted by Crippen LogP contribution is 2.47. The van der Waals surface area contributed by atoms with E-state index in [0.717, 1.165) is 48.1 Å². The summed E-state index contributed by atoms with van der Waals surface area (Å²) in [6.45, 7) is 9.21. The van der Waals surface area contributed by atoms with E-state index in [1.165, 1.54) is 4.90 Å². The van der Waals surface area contributed by atoms with E-state index < -0.39 is 68.4 Å². The van der Waals surface area contributed by atoms with Gasteiger partial charge in [0, 0.05) is 24.1 Å². The molecule has 3 aromatic rings. The highest BCUT2D eigenvalue weighted by atomic mass is 32.2. The topological polar surface area (TPSA) is 191 Å². The maximum absolute atomic E-state index is 14.7. The summed E-state index contributed by atoms with van der Waals surface area (Å²) in [5.41, 5.74) is 1.69. The summed E-state index contributed by atoms with van der Waals surface area (Å²) in [5, 5.41) is 15.2. The van der Waals surface area contributed by atoms with Gasteiger partial charge in [-0.25, -0.2) is 13.2 Å². The number of ether oxygens (including phenoxy) is 2. The van der Waals surface area contributed by atoms with Crippen molar-refractivity contribution in [2.24, 2.45) is 11.8 Å². The molecule has 3 heterocycles. The molecule has 4 amide bonds. The number of nitrogens with one attached hydrogen (secondary N) is 3. The fourth-order valence-corrected chi connectivity index (χ4v) is 9.92. The van der Waals surface area contributed by atoms with Crippen LogP contribution in [0.2, 0.25) is 0 Å². The van der Waals surface area contributed by atoms with E-state index >= 15 is 0 Å². The highest BCUT2D eigenvalue weighted by Gasteiger charge is 2.62. The number of sulfonamides is 1. The number of amides is 4. The van der Waals surface area contributed by atoms with Crippen molar-refractivity contribution in [3.63, 3.8) is 0 Å². The predicted octanol–water partition coefficient (Wildman–Crippen LogP) is 5.30. The summed E-state index contributed by atoms with van der Waals surface area (Å²) in [7, 11) is -2.23. The molecular weight excluding hydrogens is 775 g/mol. The summed E-state index contributed by atoms with van der Waals surface area (Å²) >= 11 is 0. The average Bonchev–Trinajstić information content (AvgIpc) is 4.09. The van der Waals surface area contributed by atoms with Gasteiger partial charge in [-0.2, -0.15) is 15.0 Å². The van der Waals surface area contributed by atoms with Gasteiger partial charge in [-0.3, -0.25) is 19.1 Å².